The molecule has 0 spiro atoms. The predicted octanol–water partition coefficient (Wildman–Crippen LogP) is 3.36. The Morgan fingerprint density at radius 3 is 2.94 bits per heavy atom. The van der Waals surface area contributed by atoms with Gasteiger partial charge >= 0.3 is 0 Å². The Hall–Kier alpha value is -0.770. The van der Waals surface area contributed by atoms with E-state index in [0.29, 0.717) is 22.3 Å². The van der Waals surface area contributed by atoms with Crippen molar-refractivity contribution in [2.24, 2.45) is 5.92 Å². The number of carbonyl (C=O) groups excluding carboxylic acids is 1. The highest BCUT2D eigenvalue weighted by Gasteiger charge is 2.22. The van der Waals surface area contributed by atoms with E-state index in [1.807, 2.05) is 0 Å². The van der Waals surface area contributed by atoms with Gasteiger partial charge in [0.2, 0.25) is 5.91 Å². The molecule has 1 heterocycles. The highest BCUT2D eigenvalue weighted by atomic mass is 35.5. The van der Waals surface area contributed by atoms with Gasteiger partial charge in [-0.1, -0.05) is 23.2 Å². The van der Waals surface area contributed by atoms with Crippen LogP contribution in [-0.4, -0.2) is 19.1 Å². The van der Waals surface area contributed by atoms with Gasteiger partial charge in [-0.15, -0.1) is 0 Å². The van der Waals surface area contributed by atoms with Gasteiger partial charge in [0.25, 0.3) is 0 Å². The van der Waals surface area contributed by atoms with E-state index < -0.39 is 0 Å². The smallest absolute Gasteiger partial charge is 0.229 e. The number of benzene rings is 1. The Bertz CT molecular complexity index is 417. The van der Waals surface area contributed by atoms with Crippen LogP contribution in [0.15, 0.2) is 18.2 Å². The van der Waals surface area contributed by atoms with Gasteiger partial charge in [0.05, 0.1) is 23.2 Å². The Balaban J connectivity index is 2.04. The number of hydrogen-bond acceptors (Lipinski definition) is 2. The van der Waals surface area contributed by atoms with Crippen LogP contribution in [0, 0.1) is 5.92 Å². The molecule has 1 aromatic rings. The van der Waals surface area contributed by atoms with Crippen molar-refractivity contribution in [1.29, 1.82) is 0 Å². The lowest BCUT2D eigenvalue weighted by atomic mass is 10.0. The minimum Gasteiger partial charge on any atom is -0.381 e. The molecular formula is C12H13Cl2NO2. The SMILES string of the molecule is O=C(Nc1cc(Cl)ccc1Cl)C1CCCOC1. The lowest BCUT2D eigenvalue weighted by Gasteiger charge is -2.21. The largest absolute Gasteiger partial charge is 0.381 e. The average molecular weight is 274 g/mol. The molecule has 1 N–H and O–H groups in total. The number of amides is 1. The molecule has 0 saturated carbocycles. The quantitative estimate of drug-likeness (QED) is 0.898. The molecular weight excluding hydrogens is 261 g/mol. The third kappa shape index (κ3) is 3.35. The fourth-order valence-corrected chi connectivity index (χ4v) is 2.11. The van der Waals surface area contributed by atoms with Crippen molar-refractivity contribution in [3.8, 4) is 0 Å². The molecule has 5 heteroatoms. The van der Waals surface area contributed by atoms with Gasteiger partial charge in [-0.25, -0.2) is 0 Å². The number of halogens is 2. The van der Waals surface area contributed by atoms with Crippen molar-refractivity contribution < 1.29 is 9.53 Å². The Morgan fingerprint density at radius 1 is 1.41 bits per heavy atom. The van der Waals surface area contributed by atoms with E-state index in [-0.39, 0.29) is 11.8 Å². The predicted molar refractivity (Wildman–Crippen MR) is 68.6 cm³/mol. The number of anilines is 1. The normalized spacial score (nSPS) is 20.0. The average Bonchev–Trinajstić information content (AvgIpc) is 2.35. The highest BCUT2D eigenvalue weighted by Crippen LogP contribution is 2.26. The molecule has 0 aromatic heterocycles. The Morgan fingerprint density at radius 2 is 2.24 bits per heavy atom. The van der Waals surface area contributed by atoms with Crippen LogP contribution in [0.25, 0.3) is 0 Å². The van der Waals surface area contributed by atoms with Crippen LogP contribution in [0.4, 0.5) is 5.69 Å². The van der Waals surface area contributed by atoms with Gasteiger partial charge in [-0.2, -0.15) is 0 Å². The first-order valence-electron chi connectivity index (χ1n) is 5.50. The Kier molecular flexibility index (Phi) is 4.26. The summed E-state index contributed by atoms with van der Waals surface area (Å²) in [4.78, 5) is 11.9. The molecule has 1 aromatic carbocycles. The van der Waals surface area contributed by atoms with Gasteiger partial charge in [-0.3, -0.25) is 4.79 Å². The molecule has 1 unspecified atom stereocenters. The van der Waals surface area contributed by atoms with E-state index in [4.69, 9.17) is 27.9 Å². The van der Waals surface area contributed by atoms with Gasteiger partial charge in [0, 0.05) is 11.6 Å². The number of rotatable bonds is 2. The highest BCUT2D eigenvalue weighted by molar-refractivity contribution is 6.35. The molecule has 1 aliphatic rings. The molecule has 1 amide bonds. The maximum Gasteiger partial charge on any atom is 0.229 e. The number of carbonyl (C=O) groups is 1. The van der Waals surface area contributed by atoms with Gasteiger partial charge in [-0.05, 0) is 31.0 Å². The molecule has 1 atom stereocenters. The van der Waals surface area contributed by atoms with Gasteiger partial charge in [0.15, 0.2) is 0 Å². The van der Waals surface area contributed by atoms with Crippen molar-refractivity contribution in [3.63, 3.8) is 0 Å². The second kappa shape index (κ2) is 5.71. The molecule has 2 rings (SSSR count). The third-order valence-electron chi connectivity index (χ3n) is 2.72. The molecule has 0 radical (unpaired) electrons. The minimum atomic E-state index is -0.0983. The van der Waals surface area contributed by atoms with E-state index in [1.54, 1.807) is 18.2 Å². The summed E-state index contributed by atoms with van der Waals surface area (Å²) in [6, 6.07) is 4.99. The number of ether oxygens (including phenoxy) is 1. The van der Waals surface area contributed by atoms with E-state index in [1.165, 1.54) is 0 Å². The van der Waals surface area contributed by atoms with Crippen molar-refractivity contribution in [3.05, 3.63) is 28.2 Å². The van der Waals surface area contributed by atoms with Crippen LogP contribution in [0.3, 0.4) is 0 Å². The number of nitrogens with one attached hydrogen (secondary N) is 1. The standard InChI is InChI=1S/C12H13Cl2NO2/c13-9-3-4-10(14)11(6-9)15-12(16)8-2-1-5-17-7-8/h3-4,6,8H,1-2,5,7H2,(H,15,16). The summed E-state index contributed by atoms with van der Waals surface area (Å²) in [5, 5.41) is 3.82. The molecule has 1 saturated heterocycles. The zero-order valence-electron chi connectivity index (χ0n) is 9.21. The van der Waals surface area contributed by atoms with E-state index in [0.717, 1.165) is 19.4 Å². The summed E-state index contributed by atoms with van der Waals surface area (Å²) in [7, 11) is 0. The van der Waals surface area contributed by atoms with Crippen LogP contribution < -0.4 is 5.32 Å². The molecule has 1 aliphatic heterocycles. The van der Waals surface area contributed by atoms with Crippen molar-refractivity contribution in [2.45, 2.75) is 12.8 Å². The molecule has 3 nitrogen and oxygen atoms in total. The molecule has 0 aliphatic carbocycles. The van der Waals surface area contributed by atoms with Crippen molar-refractivity contribution in [1.82, 2.24) is 0 Å². The monoisotopic (exact) mass is 273 g/mol. The van der Waals surface area contributed by atoms with Crippen LogP contribution in [0.1, 0.15) is 12.8 Å². The van der Waals surface area contributed by atoms with Crippen molar-refractivity contribution >= 4 is 34.8 Å². The summed E-state index contributed by atoms with van der Waals surface area (Å²) >= 11 is 11.8. The maximum absolute atomic E-state index is 11.9. The third-order valence-corrected chi connectivity index (χ3v) is 3.28. The van der Waals surface area contributed by atoms with E-state index in [2.05, 4.69) is 5.32 Å². The topological polar surface area (TPSA) is 38.3 Å². The summed E-state index contributed by atoms with van der Waals surface area (Å²) < 4.78 is 5.28. The molecule has 17 heavy (non-hydrogen) atoms. The second-order valence-corrected chi connectivity index (χ2v) is 4.87. The Labute approximate surface area is 110 Å². The summed E-state index contributed by atoms with van der Waals surface area (Å²) in [6.45, 7) is 1.21. The lowest BCUT2D eigenvalue weighted by molar-refractivity contribution is -0.123. The first kappa shape index (κ1) is 12.7. The van der Waals surface area contributed by atoms with Crippen LogP contribution >= 0.6 is 23.2 Å². The first-order valence-corrected chi connectivity index (χ1v) is 6.26. The lowest BCUT2D eigenvalue weighted by Crippen LogP contribution is -2.30. The van der Waals surface area contributed by atoms with Gasteiger partial charge < -0.3 is 10.1 Å². The fourth-order valence-electron chi connectivity index (χ4n) is 1.78. The van der Waals surface area contributed by atoms with Crippen LogP contribution in [-0.2, 0) is 9.53 Å². The second-order valence-electron chi connectivity index (χ2n) is 4.03. The molecule has 0 bridgehead atoms. The summed E-state index contributed by atoms with van der Waals surface area (Å²) in [5.74, 6) is -0.160. The van der Waals surface area contributed by atoms with Gasteiger partial charge in [0.1, 0.15) is 0 Å². The molecule has 1 fully saturated rings. The summed E-state index contributed by atoms with van der Waals surface area (Å²) in [6.07, 6.45) is 1.77. The fraction of sp³-hybridized carbons (Fsp3) is 0.417. The minimum absolute atomic E-state index is 0.0612. The zero-order valence-corrected chi connectivity index (χ0v) is 10.7. The molecule has 92 valence electrons. The zero-order chi connectivity index (χ0) is 12.3. The number of hydrogen-bond donors (Lipinski definition) is 1. The first-order chi connectivity index (χ1) is 8.16. The van der Waals surface area contributed by atoms with Crippen LogP contribution in [0.5, 0.6) is 0 Å². The van der Waals surface area contributed by atoms with Crippen molar-refractivity contribution in [2.75, 3.05) is 18.5 Å². The maximum atomic E-state index is 11.9. The van der Waals surface area contributed by atoms with E-state index in [9.17, 15) is 4.79 Å². The summed E-state index contributed by atoms with van der Waals surface area (Å²) in [5.41, 5.74) is 0.551. The van der Waals surface area contributed by atoms with E-state index >= 15 is 0 Å². The van der Waals surface area contributed by atoms with Crippen LogP contribution in [0.2, 0.25) is 10.0 Å².